The summed E-state index contributed by atoms with van der Waals surface area (Å²) >= 11 is 0. The molecule has 2 aromatic rings. The van der Waals surface area contributed by atoms with Crippen molar-refractivity contribution in [1.82, 2.24) is 15.2 Å². The highest BCUT2D eigenvalue weighted by Gasteiger charge is 2.17. The third kappa shape index (κ3) is 5.96. The Labute approximate surface area is 157 Å². The van der Waals surface area contributed by atoms with Crippen LogP contribution < -0.4 is 15.4 Å². The van der Waals surface area contributed by atoms with Gasteiger partial charge in [-0.05, 0) is 35.9 Å². The summed E-state index contributed by atoms with van der Waals surface area (Å²) in [7, 11) is 0. The lowest BCUT2D eigenvalue weighted by Gasteiger charge is -2.26. The lowest BCUT2D eigenvalue weighted by atomic mass is 10.3. The zero-order chi connectivity index (χ0) is 18.9. The molecule has 0 saturated carbocycles. The number of hydrogen-bond donors (Lipinski definition) is 2. The van der Waals surface area contributed by atoms with Crippen molar-refractivity contribution in [3.05, 3.63) is 54.4 Å². The zero-order valence-corrected chi connectivity index (χ0v) is 14.9. The van der Waals surface area contributed by atoms with Crippen molar-refractivity contribution < 1.29 is 19.1 Å². The molecule has 0 radical (unpaired) electrons. The first-order valence-corrected chi connectivity index (χ1v) is 8.73. The van der Waals surface area contributed by atoms with Crippen molar-refractivity contribution >= 4 is 17.6 Å². The second-order valence-corrected chi connectivity index (χ2v) is 5.98. The number of nitrogens with one attached hydrogen (secondary N) is 2. The topological polar surface area (TPSA) is 92.8 Å². The van der Waals surface area contributed by atoms with Crippen LogP contribution in [0.2, 0.25) is 0 Å². The molecule has 1 aliphatic heterocycles. The number of ether oxygens (including phenoxy) is 2. The van der Waals surface area contributed by atoms with Gasteiger partial charge in [0.05, 0.1) is 13.2 Å². The van der Waals surface area contributed by atoms with Crippen LogP contribution in [0.15, 0.2) is 48.8 Å². The molecule has 2 N–H and O–H groups in total. The number of pyridine rings is 1. The normalized spacial score (nSPS) is 13.7. The van der Waals surface area contributed by atoms with Crippen LogP contribution in [0.1, 0.15) is 5.56 Å². The first kappa shape index (κ1) is 18.7. The fraction of sp³-hybridized carbons (Fsp3) is 0.316. The van der Waals surface area contributed by atoms with Crippen LogP contribution in [0.4, 0.5) is 10.5 Å². The van der Waals surface area contributed by atoms with Gasteiger partial charge in [0, 0.05) is 37.7 Å². The minimum absolute atomic E-state index is 0.0155. The average molecular weight is 370 g/mol. The Bertz CT molecular complexity index is 746. The highest BCUT2D eigenvalue weighted by Crippen LogP contribution is 2.16. The summed E-state index contributed by atoms with van der Waals surface area (Å²) < 4.78 is 10.7. The van der Waals surface area contributed by atoms with Crippen molar-refractivity contribution in [2.24, 2.45) is 0 Å². The molecule has 0 bridgehead atoms. The van der Waals surface area contributed by atoms with E-state index in [0.717, 1.165) is 5.56 Å². The van der Waals surface area contributed by atoms with Gasteiger partial charge < -0.3 is 25.0 Å². The van der Waals surface area contributed by atoms with E-state index in [1.54, 1.807) is 41.6 Å². The Morgan fingerprint density at radius 3 is 2.63 bits per heavy atom. The smallest absolute Gasteiger partial charge is 0.319 e. The number of aromatic nitrogens is 1. The molecule has 1 fully saturated rings. The van der Waals surface area contributed by atoms with Gasteiger partial charge in [-0.2, -0.15) is 0 Å². The molecular weight excluding hydrogens is 348 g/mol. The summed E-state index contributed by atoms with van der Waals surface area (Å²) in [6, 6.07) is 10.3. The third-order valence-corrected chi connectivity index (χ3v) is 4.01. The van der Waals surface area contributed by atoms with Crippen LogP contribution in [0, 0.1) is 0 Å². The molecule has 8 nitrogen and oxygen atoms in total. The van der Waals surface area contributed by atoms with E-state index >= 15 is 0 Å². The van der Waals surface area contributed by atoms with Crippen molar-refractivity contribution in [3.8, 4) is 5.75 Å². The van der Waals surface area contributed by atoms with E-state index in [1.165, 1.54) is 0 Å². The Hall–Kier alpha value is -3.13. The quantitative estimate of drug-likeness (QED) is 0.806. The lowest BCUT2D eigenvalue weighted by molar-refractivity contribution is -0.137. The summed E-state index contributed by atoms with van der Waals surface area (Å²) in [4.78, 5) is 29.7. The molecule has 1 aliphatic rings. The molecule has 0 atom stereocenters. The zero-order valence-electron chi connectivity index (χ0n) is 14.9. The number of benzene rings is 1. The summed E-state index contributed by atoms with van der Waals surface area (Å²) in [5.41, 5.74) is 1.55. The third-order valence-electron chi connectivity index (χ3n) is 4.01. The minimum Gasteiger partial charge on any atom is -0.484 e. The highest BCUT2D eigenvalue weighted by molar-refractivity contribution is 5.89. The van der Waals surface area contributed by atoms with E-state index in [0.29, 0.717) is 44.3 Å². The number of carbonyl (C=O) groups is 2. The summed E-state index contributed by atoms with van der Waals surface area (Å²) in [5.74, 6) is 0.508. The lowest BCUT2D eigenvalue weighted by Crippen LogP contribution is -2.42. The van der Waals surface area contributed by atoms with Gasteiger partial charge in [0.25, 0.3) is 5.91 Å². The predicted octanol–water partition coefficient (Wildman–Crippen LogP) is 1.64. The summed E-state index contributed by atoms with van der Waals surface area (Å²) in [5, 5.41) is 5.50. The van der Waals surface area contributed by atoms with Gasteiger partial charge >= 0.3 is 6.03 Å². The summed E-state index contributed by atoms with van der Waals surface area (Å²) in [6.07, 6.45) is 3.38. The van der Waals surface area contributed by atoms with Gasteiger partial charge in [0.1, 0.15) is 5.75 Å². The molecule has 2 heterocycles. The second kappa shape index (κ2) is 9.54. The van der Waals surface area contributed by atoms with Crippen molar-refractivity contribution in [3.63, 3.8) is 0 Å². The molecule has 3 amide bonds. The molecule has 8 heteroatoms. The molecular formula is C19H22N4O4. The van der Waals surface area contributed by atoms with Gasteiger partial charge in [0.15, 0.2) is 6.61 Å². The SMILES string of the molecule is O=C(NCc1cccnc1)Nc1ccc(OCC(=O)N2CCOCC2)cc1. The maximum atomic E-state index is 12.0. The molecule has 142 valence electrons. The first-order chi connectivity index (χ1) is 13.2. The van der Waals surface area contributed by atoms with Gasteiger partial charge in [-0.15, -0.1) is 0 Å². The van der Waals surface area contributed by atoms with Crippen LogP contribution in [-0.4, -0.2) is 54.7 Å². The van der Waals surface area contributed by atoms with Crippen LogP contribution in [0.3, 0.4) is 0 Å². The molecule has 1 aromatic carbocycles. The van der Waals surface area contributed by atoms with Crippen molar-refractivity contribution in [1.29, 1.82) is 0 Å². The molecule has 0 unspecified atom stereocenters. The van der Waals surface area contributed by atoms with Gasteiger partial charge in [-0.1, -0.05) is 6.07 Å². The van der Waals surface area contributed by atoms with E-state index in [-0.39, 0.29) is 18.5 Å². The maximum absolute atomic E-state index is 12.0. The van der Waals surface area contributed by atoms with E-state index < -0.39 is 0 Å². The Kier molecular flexibility index (Phi) is 6.59. The van der Waals surface area contributed by atoms with E-state index in [9.17, 15) is 9.59 Å². The number of amides is 3. The molecule has 0 spiro atoms. The number of rotatable bonds is 6. The molecule has 1 saturated heterocycles. The molecule has 1 aromatic heterocycles. The Balaban J connectivity index is 1.41. The van der Waals surface area contributed by atoms with Gasteiger partial charge in [-0.25, -0.2) is 4.79 Å². The maximum Gasteiger partial charge on any atom is 0.319 e. The minimum atomic E-state index is -0.310. The monoisotopic (exact) mass is 370 g/mol. The van der Waals surface area contributed by atoms with Gasteiger partial charge in [0.2, 0.25) is 0 Å². The first-order valence-electron chi connectivity index (χ1n) is 8.73. The Morgan fingerprint density at radius 1 is 1.15 bits per heavy atom. The fourth-order valence-corrected chi connectivity index (χ4v) is 2.54. The largest absolute Gasteiger partial charge is 0.484 e. The van der Waals surface area contributed by atoms with Crippen molar-refractivity contribution in [2.75, 3.05) is 38.2 Å². The number of anilines is 1. The fourth-order valence-electron chi connectivity index (χ4n) is 2.54. The number of morpholine rings is 1. The van der Waals surface area contributed by atoms with Crippen LogP contribution in [0.25, 0.3) is 0 Å². The average Bonchev–Trinajstić information content (AvgIpc) is 2.73. The second-order valence-electron chi connectivity index (χ2n) is 5.98. The number of nitrogens with zero attached hydrogens (tertiary/aromatic N) is 2. The Morgan fingerprint density at radius 2 is 1.93 bits per heavy atom. The molecule has 27 heavy (non-hydrogen) atoms. The van der Waals surface area contributed by atoms with Crippen molar-refractivity contribution in [2.45, 2.75) is 6.54 Å². The molecule has 0 aliphatic carbocycles. The molecule has 3 rings (SSSR count). The van der Waals surface area contributed by atoms with E-state index in [4.69, 9.17) is 9.47 Å². The van der Waals surface area contributed by atoms with Crippen LogP contribution in [0.5, 0.6) is 5.75 Å². The van der Waals surface area contributed by atoms with E-state index in [2.05, 4.69) is 15.6 Å². The summed E-state index contributed by atoms with van der Waals surface area (Å²) in [6.45, 7) is 2.70. The predicted molar refractivity (Wildman–Crippen MR) is 99.4 cm³/mol. The van der Waals surface area contributed by atoms with Crippen LogP contribution >= 0.6 is 0 Å². The number of urea groups is 1. The highest BCUT2D eigenvalue weighted by atomic mass is 16.5. The standard InChI is InChI=1S/C19H22N4O4/c24-18(23-8-10-26-11-9-23)14-27-17-5-3-16(4-6-17)22-19(25)21-13-15-2-1-7-20-12-15/h1-7,12H,8-11,13-14H2,(H2,21,22,25). The van der Waals surface area contributed by atoms with Crippen LogP contribution in [-0.2, 0) is 16.1 Å². The van der Waals surface area contributed by atoms with E-state index in [1.807, 2.05) is 12.1 Å². The number of hydrogen-bond acceptors (Lipinski definition) is 5. The number of carbonyl (C=O) groups excluding carboxylic acids is 2. The van der Waals surface area contributed by atoms with Gasteiger partial charge in [-0.3, -0.25) is 9.78 Å².